The number of amides is 1. The van der Waals surface area contributed by atoms with E-state index in [1.165, 1.54) is 0 Å². The van der Waals surface area contributed by atoms with Gasteiger partial charge in [0.05, 0.1) is 0 Å². The summed E-state index contributed by atoms with van der Waals surface area (Å²) in [6.45, 7) is 4.68. The number of ether oxygens (including phenoxy) is 1. The molecule has 1 rings (SSSR count). The molecule has 1 amide bonds. The van der Waals surface area contributed by atoms with Gasteiger partial charge in [0, 0.05) is 6.54 Å². The van der Waals surface area contributed by atoms with Crippen molar-refractivity contribution in [2.75, 3.05) is 13.1 Å². The Hall–Kier alpha value is -0.980. The number of nitrogens with one attached hydrogen (secondary N) is 2. The van der Waals surface area contributed by atoms with Crippen LogP contribution in [0.3, 0.4) is 0 Å². The zero-order valence-corrected chi connectivity index (χ0v) is 10.1. The van der Waals surface area contributed by atoms with Crippen LogP contribution in [-0.2, 0) is 4.74 Å². The summed E-state index contributed by atoms with van der Waals surface area (Å²) in [5.74, 6) is 0. The van der Waals surface area contributed by atoms with E-state index in [4.69, 9.17) is 4.74 Å². The fourth-order valence-corrected chi connectivity index (χ4v) is 1.61. The smallest absolute Gasteiger partial charge is 0.412 e. The highest BCUT2D eigenvalue weighted by molar-refractivity contribution is 5.69. The van der Waals surface area contributed by atoms with Gasteiger partial charge in [0.15, 0.2) is 5.54 Å². The minimum atomic E-state index is -4.49. The maximum absolute atomic E-state index is 12.9. The molecule has 0 unspecified atom stereocenters. The van der Waals surface area contributed by atoms with Gasteiger partial charge in [-0.3, -0.25) is 0 Å². The van der Waals surface area contributed by atoms with Crippen molar-refractivity contribution in [3.8, 4) is 0 Å². The predicted molar refractivity (Wildman–Crippen MR) is 55.6 cm³/mol. The standard InChI is InChI=1S/C10H17F3N2O2/c1-8(2,3)17-7(16)15-9(10(11,12)13)4-5-14-6-9/h14H,4-6H2,1-3H3,(H,15,16)/t9-/m0/s1. The van der Waals surface area contributed by atoms with Crippen LogP contribution in [0.2, 0.25) is 0 Å². The molecule has 0 spiro atoms. The fraction of sp³-hybridized carbons (Fsp3) is 0.900. The first-order valence-electron chi connectivity index (χ1n) is 5.34. The minimum Gasteiger partial charge on any atom is -0.444 e. The first-order chi connectivity index (χ1) is 7.56. The maximum atomic E-state index is 12.9. The number of halogens is 3. The van der Waals surface area contributed by atoms with Crippen molar-refractivity contribution in [1.82, 2.24) is 10.6 Å². The van der Waals surface area contributed by atoms with Gasteiger partial charge in [-0.15, -0.1) is 0 Å². The van der Waals surface area contributed by atoms with Crippen molar-refractivity contribution in [3.63, 3.8) is 0 Å². The van der Waals surface area contributed by atoms with Crippen molar-refractivity contribution in [3.05, 3.63) is 0 Å². The second-order valence-corrected chi connectivity index (χ2v) is 5.13. The van der Waals surface area contributed by atoms with E-state index in [2.05, 4.69) is 5.32 Å². The Kier molecular flexibility index (Phi) is 3.61. The first-order valence-corrected chi connectivity index (χ1v) is 5.34. The number of hydrogen-bond acceptors (Lipinski definition) is 3. The molecule has 0 aromatic rings. The van der Waals surface area contributed by atoms with Crippen molar-refractivity contribution >= 4 is 6.09 Å². The van der Waals surface area contributed by atoms with E-state index in [1.54, 1.807) is 20.8 Å². The lowest BCUT2D eigenvalue weighted by atomic mass is 9.98. The van der Waals surface area contributed by atoms with Crippen LogP contribution in [0.25, 0.3) is 0 Å². The molecule has 1 fully saturated rings. The Morgan fingerprint density at radius 1 is 1.35 bits per heavy atom. The number of carbonyl (C=O) groups excluding carboxylic acids is 1. The summed E-state index contributed by atoms with van der Waals surface area (Å²) in [5, 5.41) is 4.54. The quantitative estimate of drug-likeness (QED) is 0.750. The number of rotatable bonds is 1. The molecule has 0 aromatic heterocycles. The van der Waals surface area contributed by atoms with Gasteiger partial charge in [0.2, 0.25) is 0 Å². The normalized spacial score (nSPS) is 25.8. The Bertz CT molecular complexity index is 291. The van der Waals surface area contributed by atoms with Crippen molar-refractivity contribution in [2.45, 2.75) is 44.5 Å². The molecule has 4 nitrogen and oxygen atoms in total. The third-order valence-electron chi connectivity index (χ3n) is 2.44. The summed E-state index contributed by atoms with van der Waals surface area (Å²) in [6.07, 6.45) is -5.72. The van der Waals surface area contributed by atoms with Crippen LogP contribution in [-0.4, -0.2) is 36.5 Å². The zero-order valence-electron chi connectivity index (χ0n) is 10.1. The molecule has 0 aliphatic carbocycles. The minimum absolute atomic E-state index is 0.185. The summed E-state index contributed by atoms with van der Waals surface area (Å²) in [4.78, 5) is 11.4. The van der Waals surface area contributed by atoms with Crippen LogP contribution < -0.4 is 10.6 Å². The van der Waals surface area contributed by atoms with Gasteiger partial charge in [0.1, 0.15) is 5.60 Å². The van der Waals surface area contributed by atoms with E-state index in [0.717, 1.165) is 0 Å². The molecule has 0 saturated carbocycles. The summed E-state index contributed by atoms with van der Waals surface area (Å²) in [7, 11) is 0. The maximum Gasteiger partial charge on any atom is 0.412 e. The average molecular weight is 254 g/mol. The second kappa shape index (κ2) is 4.36. The molecule has 1 heterocycles. The van der Waals surface area contributed by atoms with Gasteiger partial charge in [-0.1, -0.05) is 0 Å². The van der Waals surface area contributed by atoms with Gasteiger partial charge in [-0.2, -0.15) is 13.2 Å². The van der Waals surface area contributed by atoms with Gasteiger partial charge in [-0.25, -0.2) is 4.79 Å². The molecule has 1 saturated heterocycles. The van der Waals surface area contributed by atoms with Gasteiger partial charge in [0.25, 0.3) is 0 Å². The number of hydrogen-bond donors (Lipinski definition) is 2. The Balaban J connectivity index is 2.72. The molecule has 0 radical (unpaired) electrons. The summed E-state index contributed by atoms with van der Waals surface area (Å²) in [5.41, 5.74) is -3.03. The van der Waals surface area contributed by atoms with Crippen LogP contribution in [0, 0.1) is 0 Å². The molecular formula is C10H17F3N2O2. The summed E-state index contributed by atoms with van der Waals surface area (Å²) < 4.78 is 43.5. The molecule has 0 aromatic carbocycles. The largest absolute Gasteiger partial charge is 0.444 e. The molecule has 1 atom stereocenters. The Morgan fingerprint density at radius 3 is 2.29 bits per heavy atom. The van der Waals surface area contributed by atoms with E-state index < -0.39 is 23.4 Å². The summed E-state index contributed by atoms with van der Waals surface area (Å²) in [6, 6.07) is 0. The van der Waals surface area contributed by atoms with Gasteiger partial charge < -0.3 is 15.4 Å². The lowest BCUT2D eigenvalue weighted by Crippen LogP contribution is -2.60. The monoisotopic (exact) mass is 254 g/mol. The van der Waals surface area contributed by atoms with Crippen LogP contribution in [0.4, 0.5) is 18.0 Å². The topological polar surface area (TPSA) is 50.4 Å². The Morgan fingerprint density at radius 2 is 1.94 bits per heavy atom. The first kappa shape index (κ1) is 14.1. The van der Waals surface area contributed by atoms with Crippen LogP contribution >= 0.6 is 0 Å². The molecule has 2 N–H and O–H groups in total. The third-order valence-corrected chi connectivity index (χ3v) is 2.44. The highest BCUT2D eigenvalue weighted by atomic mass is 19.4. The molecular weight excluding hydrogens is 237 g/mol. The molecule has 1 aliphatic heterocycles. The van der Waals surface area contributed by atoms with Crippen LogP contribution in [0.5, 0.6) is 0 Å². The third kappa shape index (κ3) is 3.49. The van der Waals surface area contributed by atoms with E-state index in [1.807, 2.05) is 5.32 Å². The highest BCUT2D eigenvalue weighted by Gasteiger charge is 2.57. The second-order valence-electron chi connectivity index (χ2n) is 5.13. The van der Waals surface area contributed by atoms with E-state index in [9.17, 15) is 18.0 Å². The van der Waals surface area contributed by atoms with Crippen molar-refractivity contribution in [2.24, 2.45) is 0 Å². The van der Waals surface area contributed by atoms with Crippen LogP contribution in [0.15, 0.2) is 0 Å². The van der Waals surface area contributed by atoms with E-state index in [0.29, 0.717) is 0 Å². The molecule has 7 heteroatoms. The number of alkyl halides is 3. The fourth-order valence-electron chi connectivity index (χ4n) is 1.61. The molecule has 100 valence electrons. The van der Waals surface area contributed by atoms with Crippen molar-refractivity contribution in [1.29, 1.82) is 0 Å². The van der Waals surface area contributed by atoms with Crippen LogP contribution in [0.1, 0.15) is 27.2 Å². The zero-order chi connectivity index (χ0) is 13.3. The molecule has 0 bridgehead atoms. The summed E-state index contributed by atoms with van der Waals surface area (Å²) >= 11 is 0. The highest BCUT2D eigenvalue weighted by Crippen LogP contribution is 2.35. The van der Waals surface area contributed by atoms with E-state index >= 15 is 0 Å². The number of alkyl carbamates (subject to hydrolysis) is 1. The lowest BCUT2D eigenvalue weighted by Gasteiger charge is -2.32. The lowest BCUT2D eigenvalue weighted by molar-refractivity contribution is -0.189. The molecule has 1 aliphatic rings. The average Bonchev–Trinajstić information content (AvgIpc) is 2.48. The van der Waals surface area contributed by atoms with Gasteiger partial charge in [-0.05, 0) is 33.7 Å². The number of carbonyl (C=O) groups is 1. The molecule has 17 heavy (non-hydrogen) atoms. The van der Waals surface area contributed by atoms with Crippen molar-refractivity contribution < 1.29 is 22.7 Å². The predicted octanol–water partition coefficient (Wildman–Crippen LogP) is 1.81. The van der Waals surface area contributed by atoms with E-state index in [-0.39, 0.29) is 19.5 Å². The SMILES string of the molecule is CC(C)(C)OC(=O)N[C@@]1(C(F)(F)F)CCNC1. The van der Waals surface area contributed by atoms with Gasteiger partial charge >= 0.3 is 12.3 Å². The Labute approximate surface area is 97.9 Å².